The molecule has 104 valence electrons. The van der Waals surface area contributed by atoms with Gasteiger partial charge in [0.2, 0.25) is 11.0 Å². The van der Waals surface area contributed by atoms with E-state index < -0.39 is 4.92 Å². The van der Waals surface area contributed by atoms with Gasteiger partial charge in [-0.2, -0.15) is 0 Å². The van der Waals surface area contributed by atoms with Gasteiger partial charge in [-0.15, -0.1) is 0 Å². The minimum absolute atomic E-state index is 0.0717. The maximum atomic E-state index is 11.1. The molecule has 6 nitrogen and oxygen atoms in total. The van der Waals surface area contributed by atoms with Crippen LogP contribution in [0.3, 0.4) is 0 Å². The van der Waals surface area contributed by atoms with Gasteiger partial charge in [-0.05, 0) is 12.8 Å². The molecule has 1 fully saturated rings. The van der Waals surface area contributed by atoms with Gasteiger partial charge in [-0.1, -0.05) is 38.3 Å². The Morgan fingerprint density at radius 2 is 2.00 bits per heavy atom. The number of nitro groups is 1. The first-order valence-electron chi connectivity index (χ1n) is 6.47. The Morgan fingerprint density at radius 3 is 2.53 bits per heavy atom. The molecule has 1 N–H and O–H groups in total. The minimum Gasteiger partial charge on any atom is -0.361 e. The van der Waals surface area contributed by atoms with Gasteiger partial charge in [0.15, 0.2) is 0 Å². The minimum atomic E-state index is -0.524. The lowest BCUT2D eigenvalue weighted by Crippen LogP contribution is -2.18. The molecule has 1 aromatic rings. The second-order valence-corrected chi connectivity index (χ2v) is 5.47. The summed E-state index contributed by atoms with van der Waals surface area (Å²) in [6, 6.07) is 0.240. The quantitative estimate of drug-likeness (QED) is 0.520. The van der Waals surface area contributed by atoms with Crippen molar-refractivity contribution >= 4 is 23.1 Å². The molecule has 0 saturated heterocycles. The lowest BCUT2D eigenvalue weighted by atomic mass is 10.2. The van der Waals surface area contributed by atoms with Crippen LogP contribution < -0.4 is 5.32 Å². The molecule has 7 heteroatoms. The molecule has 1 saturated carbocycles. The summed E-state index contributed by atoms with van der Waals surface area (Å²) >= 11 is 5.93. The summed E-state index contributed by atoms with van der Waals surface area (Å²) in [5, 5.41) is 14.2. The Morgan fingerprint density at radius 1 is 1.37 bits per heavy atom. The Balaban J connectivity index is 2.38. The summed E-state index contributed by atoms with van der Waals surface area (Å²) in [4.78, 5) is 18.8. The smallest absolute Gasteiger partial charge is 0.348 e. The molecule has 0 amide bonds. The van der Waals surface area contributed by atoms with E-state index in [4.69, 9.17) is 11.6 Å². The number of hydrogen-bond acceptors (Lipinski definition) is 5. The van der Waals surface area contributed by atoms with Gasteiger partial charge in [0.1, 0.15) is 5.82 Å². The number of rotatable bonds is 4. The predicted molar refractivity (Wildman–Crippen MR) is 73.7 cm³/mol. The lowest BCUT2D eigenvalue weighted by molar-refractivity contribution is -0.384. The van der Waals surface area contributed by atoms with Gasteiger partial charge in [0.05, 0.1) is 4.92 Å². The van der Waals surface area contributed by atoms with Gasteiger partial charge < -0.3 is 5.32 Å². The first-order valence-corrected chi connectivity index (χ1v) is 6.85. The van der Waals surface area contributed by atoms with Crippen LogP contribution in [-0.2, 0) is 0 Å². The number of halogens is 1. The zero-order valence-electron chi connectivity index (χ0n) is 11.0. The molecule has 0 aromatic carbocycles. The van der Waals surface area contributed by atoms with E-state index in [1.807, 2.05) is 13.8 Å². The van der Waals surface area contributed by atoms with Crippen molar-refractivity contribution in [2.75, 3.05) is 5.32 Å². The number of aromatic nitrogens is 2. The highest BCUT2D eigenvalue weighted by Gasteiger charge is 2.27. The molecule has 0 bridgehead atoms. The molecule has 1 aliphatic carbocycles. The number of hydrogen-bond donors (Lipinski definition) is 1. The highest BCUT2D eigenvalue weighted by molar-refractivity contribution is 6.31. The molecule has 0 unspecified atom stereocenters. The van der Waals surface area contributed by atoms with Gasteiger partial charge in [-0.25, -0.2) is 9.97 Å². The van der Waals surface area contributed by atoms with Crippen molar-refractivity contribution in [2.45, 2.75) is 51.5 Å². The summed E-state index contributed by atoms with van der Waals surface area (Å²) in [6.07, 6.45) is 4.30. The fraction of sp³-hybridized carbons (Fsp3) is 0.667. The fourth-order valence-corrected chi connectivity index (χ4v) is 2.47. The van der Waals surface area contributed by atoms with Crippen LogP contribution in [0.5, 0.6) is 0 Å². The number of nitrogens with zero attached hydrogens (tertiary/aromatic N) is 3. The molecule has 19 heavy (non-hydrogen) atoms. The van der Waals surface area contributed by atoms with E-state index in [-0.39, 0.29) is 28.6 Å². The van der Waals surface area contributed by atoms with Crippen LogP contribution in [-0.4, -0.2) is 20.9 Å². The largest absolute Gasteiger partial charge is 0.361 e. The van der Waals surface area contributed by atoms with Crippen molar-refractivity contribution in [1.29, 1.82) is 0 Å². The molecular weight excluding hydrogens is 268 g/mol. The van der Waals surface area contributed by atoms with Crippen molar-refractivity contribution in [3.63, 3.8) is 0 Å². The third kappa shape index (κ3) is 3.12. The van der Waals surface area contributed by atoms with Crippen molar-refractivity contribution in [3.8, 4) is 0 Å². The van der Waals surface area contributed by atoms with Crippen molar-refractivity contribution in [1.82, 2.24) is 9.97 Å². The van der Waals surface area contributed by atoms with Gasteiger partial charge in [0.25, 0.3) is 0 Å². The summed E-state index contributed by atoms with van der Waals surface area (Å²) in [7, 11) is 0. The summed E-state index contributed by atoms with van der Waals surface area (Å²) in [6.45, 7) is 3.85. The molecule has 0 aliphatic heterocycles. The van der Waals surface area contributed by atoms with E-state index in [0.29, 0.717) is 5.82 Å². The summed E-state index contributed by atoms with van der Waals surface area (Å²) in [5.74, 6) is 0.846. The molecule has 2 rings (SSSR count). The van der Waals surface area contributed by atoms with Gasteiger partial charge in [0, 0.05) is 12.0 Å². The third-order valence-corrected chi connectivity index (χ3v) is 3.52. The van der Waals surface area contributed by atoms with Crippen LogP contribution >= 0.6 is 11.6 Å². The van der Waals surface area contributed by atoms with Crippen molar-refractivity contribution < 1.29 is 4.92 Å². The van der Waals surface area contributed by atoms with Crippen LogP contribution in [0.1, 0.15) is 51.3 Å². The maximum Gasteiger partial charge on any atom is 0.348 e. The van der Waals surface area contributed by atoms with Gasteiger partial charge in [-0.3, -0.25) is 10.1 Å². The van der Waals surface area contributed by atoms with Crippen LogP contribution in [0, 0.1) is 10.1 Å². The fourth-order valence-electron chi connectivity index (χ4n) is 2.23. The van der Waals surface area contributed by atoms with Gasteiger partial charge >= 0.3 is 5.69 Å². The van der Waals surface area contributed by atoms with Crippen LogP contribution in [0.25, 0.3) is 0 Å². The van der Waals surface area contributed by atoms with Crippen molar-refractivity contribution in [3.05, 3.63) is 21.1 Å². The molecule has 1 aliphatic rings. The SMILES string of the molecule is CC(C)c1nc(Cl)c([N+](=O)[O-])c(NC2CCCC2)n1. The summed E-state index contributed by atoms with van der Waals surface area (Å²) < 4.78 is 0. The van der Waals surface area contributed by atoms with Crippen LogP contribution in [0.4, 0.5) is 11.5 Å². The highest BCUT2D eigenvalue weighted by Crippen LogP contribution is 2.33. The normalized spacial score (nSPS) is 16.0. The zero-order valence-corrected chi connectivity index (χ0v) is 11.8. The third-order valence-electron chi connectivity index (χ3n) is 3.25. The standard InChI is InChI=1S/C12H17ClN4O2/c1-7(2)11-15-10(13)9(17(18)19)12(16-11)14-8-5-3-4-6-8/h7-8H,3-6H2,1-2H3,(H,14,15,16). The van der Waals surface area contributed by atoms with E-state index in [1.165, 1.54) is 0 Å². The molecule has 0 radical (unpaired) electrons. The Hall–Kier alpha value is -1.43. The topological polar surface area (TPSA) is 81.0 Å². The monoisotopic (exact) mass is 284 g/mol. The van der Waals surface area contributed by atoms with E-state index >= 15 is 0 Å². The maximum absolute atomic E-state index is 11.1. The van der Waals surface area contributed by atoms with Crippen LogP contribution in [0.2, 0.25) is 5.15 Å². The van der Waals surface area contributed by atoms with E-state index in [2.05, 4.69) is 15.3 Å². The molecule has 1 aromatic heterocycles. The zero-order chi connectivity index (χ0) is 14.0. The summed E-state index contributed by atoms with van der Waals surface area (Å²) in [5.41, 5.74) is -0.224. The second kappa shape index (κ2) is 5.69. The molecule has 1 heterocycles. The predicted octanol–water partition coefficient (Wildman–Crippen LogP) is 3.52. The van der Waals surface area contributed by atoms with Crippen molar-refractivity contribution in [2.24, 2.45) is 0 Å². The molecular formula is C12H17ClN4O2. The Bertz CT molecular complexity index is 487. The first-order chi connectivity index (χ1) is 8.99. The lowest BCUT2D eigenvalue weighted by Gasteiger charge is -2.14. The van der Waals surface area contributed by atoms with E-state index in [1.54, 1.807) is 0 Å². The first kappa shape index (κ1) is 14.0. The second-order valence-electron chi connectivity index (χ2n) is 5.11. The molecule has 0 spiro atoms. The Labute approximate surface area is 116 Å². The number of nitrogens with one attached hydrogen (secondary N) is 1. The number of anilines is 1. The van der Waals surface area contributed by atoms with Crippen LogP contribution in [0.15, 0.2) is 0 Å². The Kier molecular flexibility index (Phi) is 4.19. The average Bonchev–Trinajstić information content (AvgIpc) is 2.80. The van der Waals surface area contributed by atoms with E-state index in [9.17, 15) is 10.1 Å². The molecule has 0 atom stereocenters. The highest BCUT2D eigenvalue weighted by atomic mass is 35.5. The van der Waals surface area contributed by atoms with E-state index in [0.717, 1.165) is 25.7 Å². The average molecular weight is 285 g/mol.